The van der Waals surface area contributed by atoms with Crippen LogP contribution >= 0.6 is 0 Å². The maximum atomic E-state index is 11.8. The number of carbonyl (C=O) groups is 3. The topological polar surface area (TPSA) is 87.3 Å². The highest BCUT2D eigenvalue weighted by Gasteiger charge is 2.08. The van der Waals surface area contributed by atoms with E-state index in [4.69, 9.17) is 0 Å². The van der Waals surface area contributed by atoms with E-state index in [2.05, 4.69) is 29.8 Å². The molecule has 26 heavy (non-hydrogen) atoms. The summed E-state index contributed by atoms with van der Waals surface area (Å²) in [6.07, 6.45) is 1.71. The van der Waals surface area contributed by atoms with Crippen LogP contribution in [-0.4, -0.2) is 24.3 Å². The summed E-state index contributed by atoms with van der Waals surface area (Å²) in [6, 6.07) is 7.36. The van der Waals surface area contributed by atoms with Gasteiger partial charge in [-0.25, -0.2) is 0 Å². The lowest BCUT2D eigenvalue weighted by atomic mass is 10.1. The van der Waals surface area contributed by atoms with Gasteiger partial charge >= 0.3 is 0 Å². The lowest BCUT2D eigenvalue weighted by molar-refractivity contribution is -0.126. The predicted molar refractivity (Wildman–Crippen MR) is 103 cm³/mol. The lowest BCUT2D eigenvalue weighted by Crippen LogP contribution is -2.36. The molecule has 1 rings (SSSR count). The normalized spacial score (nSPS) is 10.7. The standard InChI is InChI=1S/C20H31N3O3/c1-14(2)8-9-18(24)22-13-20(26)21-12-16-6-5-7-17(11-16)23-19(25)10-15(3)4/h5-7,11,14-15H,8-10,12-13H2,1-4H3,(H,21,26)(H,22,24)(H,23,25). The molecule has 0 fully saturated rings. The van der Waals surface area contributed by atoms with Crippen molar-refractivity contribution < 1.29 is 14.4 Å². The van der Waals surface area contributed by atoms with Gasteiger partial charge < -0.3 is 16.0 Å². The average Bonchev–Trinajstić information content (AvgIpc) is 2.55. The molecule has 6 nitrogen and oxygen atoms in total. The van der Waals surface area contributed by atoms with Gasteiger partial charge in [0, 0.05) is 25.1 Å². The highest BCUT2D eigenvalue weighted by atomic mass is 16.2. The molecule has 0 heterocycles. The Hall–Kier alpha value is -2.37. The summed E-state index contributed by atoms with van der Waals surface area (Å²) in [7, 11) is 0. The number of nitrogens with one attached hydrogen (secondary N) is 3. The van der Waals surface area contributed by atoms with E-state index in [1.54, 1.807) is 0 Å². The minimum absolute atomic E-state index is 0.0229. The first kappa shape index (κ1) is 21.7. The van der Waals surface area contributed by atoms with E-state index in [9.17, 15) is 14.4 Å². The molecule has 0 saturated heterocycles. The van der Waals surface area contributed by atoms with Gasteiger partial charge in [0.15, 0.2) is 0 Å². The van der Waals surface area contributed by atoms with Gasteiger partial charge in [0.2, 0.25) is 17.7 Å². The van der Waals surface area contributed by atoms with E-state index in [0.717, 1.165) is 12.0 Å². The smallest absolute Gasteiger partial charge is 0.239 e. The van der Waals surface area contributed by atoms with Crippen LogP contribution < -0.4 is 16.0 Å². The number of carbonyl (C=O) groups excluding carboxylic acids is 3. The molecule has 0 aliphatic carbocycles. The number of amides is 3. The van der Waals surface area contributed by atoms with Crippen molar-refractivity contribution in [2.45, 2.75) is 53.5 Å². The monoisotopic (exact) mass is 361 g/mol. The average molecular weight is 361 g/mol. The van der Waals surface area contributed by atoms with Crippen molar-refractivity contribution in [3.05, 3.63) is 29.8 Å². The van der Waals surface area contributed by atoms with Gasteiger partial charge in [-0.1, -0.05) is 39.8 Å². The van der Waals surface area contributed by atoms with Crippen LogP contribution in [0.2, 0.25) is 0 Å². The molecule has 0 aliphatic rings. The van der Waals surface area contributed by atoms with E-state index in [-0.39, 0.29) is 24.3 Å². The molecule has 1 aromatic rings. The van der Waals surface area contributed by atoms with Gasteiger partial charge in [0.25, 0.3) is 0 Å². The molecule has 0 saturated carbocycles. The Morgan fingerprint density at radius 3 is 2.31 bits per heavy atom. The number of anilines is 1. The van der Waals surface area contributed by atoms with E-state index in [1.807, 2.05) is 38.1 Å². The fourth-order valence-electron chi connectivity index (χ4n) is 2.29. The number of hydrogen-bond donors (Lipinski definition) is 3. The number of benzene rings is 1. The van der Waals surface area contributed by atoms with Gasteiger partial charge in [-0.05, 0) is 36.0 Å². The Labute approximate surface area is 156 Å². The molecule has 1 aromatic carbocycles. The fraction of sp³-hybridized carbons (Fsp3) is 0.550. The highest BCUT2D eigenvalue weighted by Crippen LogP contribution is 2.12. The van der Waals surface area contributed by atoms with Gasteiger partial charge in [-0.15, -0.1) is 0 Å². The molecule has 6 heteroatoms. The van der Waals surface area contributed by atoms with Crippen LogP contribution in [0.3, 0.4) is 0 Å². The molecule has 0 aromatic heterocycles. The van der Waals surface area contributed by atoms with E-state index < -0.39 is 0 Å². The van der Waals surface area contributed by atoms with Gasteiger partial charge in [0.1, 0.15) is 0 Å². The third-order valence-electron chi connectivity index (χ3n) is 3.69. The zero-order chi connectivity index (χ0) is 19.5. The molecule has 0 radical (unpaired) electrons. The van der Waals surface area contributed by atoms with Crippen molar-refractivity contribution in [3.8, 4) is 0 Å². The van der Waals surface area contributed by atoms with E-state index in [0.29, 0.717) is 36.9 Å². The Kier molecular flexibility index (Phi) is 9.41. The lowest BCUT2D eigenvalue weighted by Gasteiger charge is -2.10. The van der Waals surface area contributed by atoms with E-state index in [1.165, 1.54) is 0 Å². The highest BCUT2D eigenvalue weighted by molar-refractivity contribution is 5.90. The number of rotatable bonds is 10. The molecule has 0 bridgehead atoms. The first-order valence-electron chi connectivity index (χ1n) is 9.18. The van der Waals surface area contributed by atoms with Gasteiger partial charge in [-0.3, -0.25) is 14.4 Å². The zero-order valence-corrected chi connectivity index (χ0v) is 16.2. The first-order valence-corrected chi connectivity index (χ1v) is 9.18. The van der Waals surface area contributed by atoms with Crippen molar-refractivity contribution in [2.75, 3.05) is 11.9 Å². The molecule has 0 spiro atoms. The van der Waals surface area contributed by atoms with Crippen molar-refractivity contribution >= 4 is 23.4 Å². The van der Waals surface area contributed by atoms with Crippen LogP contribution in [0.15, 0.2) is 24.3 Å². The fourth-order valence-corrected chi connectivity index (χ4v) is 2.29. The SMILES string of the molecule is CC(C)CCC(=O)NCC(=O)NCc1cccc(NC(=O)CC(C)C)c1. The summed E-state index contributed by atoms with van der Waals surface area (Å²) in [5.41, 5.74) is 1.59. The van der Waals surface area contributed by atoms with Crippen LogP contribution in [0.5, 0.6) is 0 Å². The summed E-state index contributed by atoms with van der Waals surface area (Å²) in [4.78, 5) is 35.3. The van der Waals surface area contributed by atoms with Crippen LogP contribution in [0.25, 0.3) is 0 Å². The second-order valence-electron chi connectivity index (χ2n) is 7.33. The Balaban J connectivity index is 2.38. The molecule has 3 amide bonds. The van der Waals surface area contributed by atoms with Crippen LogP contribution in [-0.2, 0) is 20.9 Å². The molecular weight excluding hydrogens is 330 g/mol. The molecule has 0 unspecified atom stereocenters. The van der Waals surface area contributed by atoms with Gasteiger partial charge in [-0.2, -0.15) is 0 Å². The quantitative estimate of drug-likeness (QED) is 0.599. The minimum atomic E-state index is -0.239. The second-order valence-corrected chi connectivity index (χ2v) is 7.33. The molecular formula is C20H31N3O3. The largest absolute Gasteiger partial charge is 0.350 e. The Morgan fingerprint density at radius 1 is 0.923 bits per heavy atom. The zero-order valence-electron chi connectivity index (χ0n) is 16.2. The predicted octanol–water partition coefficient (Wildman–Crippen LogP) is 2.84. The molecule has 0 aliphatic heterocycles. The Morgan fingerprint density at radius 2 is 1.65 bits per heavy atom. The van der Waals surface area contributed by atoms with Crippen molar-refractivity contribution in [2.24, 2.45) is 11.8 Å². The summed E-state index contributed by atoms with van der Waals surface area (Å²) in [5, 5.41) is 8.24. The third kappa shape index (κ3) is 9.81. The summed E-state index contributed by atoms with van der Waals surface area (Å²) in [5.74, 6) is 0.391. The summed E-state index contributed by atoms with van der Waals surface area (Å²) in [6.45, 7) is 8.41. The third-order valence-corrected chi connectivity index (χ3v) is 3.69. The van der Waals surface area contributed by atoms with Crippen molar-refractivity contribution in [3.63, 3.8) is 0 Å². The van der Waals surface area contributed by atoms with Crippen LogP contribution in [0.4, 0.5) is 5.69 Å². The van der Waals surface area contributed by atoms with Crippen LogP contribution in [0.1, 0.15) is 52.5 Å². The second kappa shape index (κ2) is 11.3. The molecule has 0 atom stereocenters. The Bertz CT molecular complexity index is 612. The van der Waals surface area contributed by atoms with Crippen molar-refractivity contribution in [1.82, 2.24) is 10.6 Å². The maximum absolute atomic E-state index is 11.8. The number of hydrogen-bond acceptors (Lipinski definition) is 3. The summed E-state index contributed by atoms with van der Waals surface area (Å²) >= 11 is 0. The van der Waals surface area contributed by atoms with E-state index >= 15 is 0 Å². The van der Waals surface area contributed by atoms with Crippen molar-refractivity contribution in [1.29, 1.82) is 0 Å². The van der Waals surface area contributed by atoms with Crippen LogP contribution in [0, 0.1) is 11.8 Å². The summed E-state index contributed by atoms with van der Waals surface area (Å²) < 4.78 is 0. The molecule has 144 valence electrons. The molecule has 3 N–H and O–H groups in total. The minimum Gasteiger partial charge on any atom is -0.350 e. The van der Waals surface area contributed by atoms with Gasteiger partial charge in [0.05, 0.1) is 6.54 Å². The first-order chi connectivity index (χ1) is 12.3. The maximum Gasteiger partial charge on any atom is 0.239 e.